The van der Waals surface area contributed by atoms with E-state index in [2.05, 4.69) is 16.8 Å². The Balaban J connectivity index is 2.47. The van der Waals surface area contributed by atoms with Crippen LogP contribution in [0.5, 0.6) is 0 Å². The van der Waals surface area contributed by atoms with Gasteiger partial charge >= 0.3 is 0 Å². The predicted molar refractivity (Wildman–Crippen MR) is 62.3 cm³/mol. The molecule has 2 nitrogen and oxygen atoms in total. The van der Waals surface area contributed by atoms with E-state index in [9.17, 15) is 4.39 Å². The number of hydrogen-bond donors (Lipinski definition) is 1. The van der Waals surface area contributed by atoms with Crippen LogP contribution in [0.2, 0.25) is 0 Å². The molecule has 1 aromatic heterocycles. The van der Waals surface area contributed by atoms with Gasteiger partial charge in [0.05, 0.1) is 11.1 Å². The number of pyridine rings is 1. The standard InChI is InChI=1S/C13H11FN2/c14-12-9-13-11(5-3-7-16-13)8-10(12)4-1-2-6-15/h3,5,7-9H,2,6,15H2. The van der Waals surface area contributed by atoms with Crippen LogP contribution in [-0.4, -0.2) is 11.5 Å². The number of aromatic nitrogens is 1. The normalized spacial score (nSPS) is 9.88. The highest BCUT2D eigenvalue weighted by molar-refractivity contribution is 5.80. The van der Waals surface area contributed by atoms with Crippen molar-refractivity contribution in [1.82, 2.24) is 4.98 Å². The minimum Gasteiger partial charge on any atom is -0.330 e. The van der Waals surface area contributed by atoms with E-state index in [0.717, 1.165) is 5.39 Å². The van der Waals surface area contributed by atoms with Gasteiger partial charge in [0.25, 0.3) is 0 Å². The summed E-state index contributed by atoms with van der Waals surface area (Å²) in [6.07, 6.45) is 2.21. The summed E-state index contributed by atoms with van der Waals surface area (Å²) in [7, 11) is 0. The second-order valence-electron chi connectivity index (χ2n) is 3.37. The molecule has 2 rings (SSSR count). The van der Waals surface area contributed by atoms with Crippen LogP contribution in [0.1, 0.15) is 12.0 Å². The zero-order chi connectivity index (χ0) is 11.4. The molecule has 0 aliphatic carbocycles. The highest BCUT2D eigenvalue weighted by Crippen LogP contribution is 2.16. The van der Waals surface area contributed by atoms with Gasteiger partial charge in [-0.25, -0.2) is 4.39 Å². The molecule has 2 aromatic rings. The monoisotopic (exact) mass is 214 g/mol. The number of nitrogens with two attached hydrogens (primary N) is 1. The van der Waals surface area contributed by atoms with Crippen molar-refractivity contribution in [2.75, 3.05) is 6.54 Å². The van der Waals surface area contributed by atoms with Crippen molar-refractivity contribution in [2.45, 2.75) is 6.42 Å². The third-order valence-corrected chi connectivity index (χ3v) is 2.18. The summed E-state index contributed by atoms with van der Waals surface area (Å²) in [5.74, 6) is 5.26. The van der Waals surface area contributed by atoms with Gasteiger partial charge in [0.1, 0.15) is 5.82 Å². The SMILES string of the molecule is NCCC#Cc1cc2cccnc2cc1F. The zero-order valence-corrected chi connectivity index (χ0v) is 8.70. The molecule has 0 atom stereocenters. The lowest BCUT2D eigenvalue weighted by atomic mass is 10.1. The maximum absolute atomic E-state index is 13.6. The molecule has 80 valence electrons. The summed E-state index contributed by atoms with van der Waals surface area (Å²) in [5, 5.41) is 0.890. The molecule has 0 radical (unpaired) electrons. The molecule has 1 aromatic carbocycles. The molecule has 0 fully saturated rings. The van der Waals surface area contributed by atoms with Crippen LogP contribution >= 0.6 is 0 Å². The van der Waals surface area contributed by atoms with Crippen molar-refractivity contribution >= 4 is 10.9 Å². The first-order chi connectivity index (χ1) is 7.81. The van der Waals surface area contributed by atoms with Gasteiger partial charge in [-0.2, -0.15) is 0 Å². The molecule has 2 N–H and O–H groups in total. The van der Waals surface area contributed by atoms with Gasteiger partial charge in [-0.3, -0.25) is 4.98 Å². The van der Waals surface area contributed by atoms with E-state index < -0.39 is 0 Å². The van der Waals surface area contributed by atoms with Crippen molar-refractivity contribution < 1.29 is 4.39 Å². The average Bonchev–Trinajstić information content (AvgIpc) is 2.30. The van der Waals surface area contributed by atoms with E-state index in [4.69, 9.17) is 5.73 Å². The van der Waals surface area contributed by atoms with E-state index in [0.29, 0.717) is 24.0 Å². The molecule has 0 bridgehead atoms. The van der Waals surface area contributed by atoms with Crippen LogP contribution in [0.4, 0.5) is 4.39 Å². The smallest absolute Gasteiger partial charge is 0.141 e. The van der Waals surface area contributed by atoms with E-state index in [1.807, 2.05) is 12.1 Å². The number of fused-ring (bicyclic) bond motifs is 1. The van der Waals surface area contributed by atoms with E-state index in [1.165, 1.54) is 6.07 Å². The van der Waals surface area contributed by atoms with E-state index in [1.54, 1.807) is 12.3 Å². The van der Waals surface area contributed by atoms with Gasteiger partial charge in [-0.05, 0) is 12.1 Å². The fourth-order valence-corrected chi connectivity index (χ4v) is 1.42. The highest BCUT2D eigenvalue weighted by atomic mass is 19.1. The third-order valence-electron chi connectivity index (χ3n) is 2.18. The number of halogens is 1. The van der Waals surface area contributed by atoms with Crippen LogP contribution in [0.25, 0.3) is 10.9 Å². The quantitative estimate of drug-likeness (QED) is 0.738. The summed E-state index contributed by atoms with van der Waals surface area (Å²) in [5.41, 5.74) is 6.36. The molecule has 0 saturated heterocycles. The minimum absolute atomic E-state index is 0.337. The summed E-state index contributed by atoms with van der Waals surface area (Å²) in [6.45, 7) is 0.490. The van der Waals surface area contributed by atoms with Crippen molar-refractivity contribution in [3.63, 3.8) is 0 Å². The summed E-state index contributed by atoms with van der Waals surface area (Å²) in [6, 6.07) is 6.82. The van der Waals surface area contributed by atoms with Crippen molar-refractivity contribution in [1.29, 1.82) is 0 Å². The molecular weight excluding hydrogens is 203 g/mol. The summed E-state index contributed by atoms with van der Waals surface area (Å²) < 4.78 is 13.6. The maximum atomic E-state index is 13.6. The Morgan fingerprint density at radius 2 is 2.25 bits per heavy atom. The van der Waals surface area contributed by atoms with Gasteiger partial charge < -0.3 is 5.73 Å². The van der Waals surface area contributed by atoms with E-state index in [-0.39, 0.29) is 5.82 Å². The second kappa shape index (κ2) is 4.73. The number of benzene rings is 1. The molecule has 3 heteroatoms. The third kappa shape index (κ3) is 2.18. The zero-order valence-electron chi connectivity index (χ0n) is 8.70. The molecule has 0 aliphatic heterocycles. The van der Waals surface area contributed by atoms with Gasteiger partial charge in [0.15, 0.2) is 0 Å². The summed E-state index contributed by atoms with van der Waals surface area (Å²) >= 11 is 0. The van der Waals surface area contributed by atoms with Crippen LogP contribution < -0.4 is 5.73 Å². The molecule has 0 amide bonds. The number of rotatable bonds is 1. The number of hydrogen-bond acceptors (Lipinski definition) is 2. The molecule has 0 unspecified atom stereocenters. The fraction of sp³-hybridized carbons (Fsp3) is 0.154. The fourth-order valence-electron chi connectivity index (χ4n) is 1.42. The van der Waals surface area contributed by atoms with Gasteiger partial charge in [0, 0.05) is 30.6 Å². The topological polar surface area (TPSA) is 38.9 Å². The van der Waals surface area contributed by atoms with E-state index >= 15 is 0 Å². The van der Waals surface area contributed by atoms with Crippen LogP contribution in [0, 0.1) is 17.7 Å². The lowest BCUT2D eigenvalue weighted by Gasteiger charge is -1.98. The van der Waals surface area contributed by atoms with Crippen molar-refractivity contribution in [3.05, 3.63) is 41.8 Å². The van der Waals surface area contributed by atoms with Crippen LogP contribution in [0.3, 0.4) is 0 Å². The first kappa shape index (κ1) is 10.6. The maximum Gasteiger partial charge on any atom is 0.141 e. The second-order valence-corrected chi connectivity index (χ2v) is 3.37. The summed E-state index contributed by atoms with van der Waals surface area (Å²) in [4.78, 5) is 4.07. The predicted octanol–water partition coefficient (Wildman–Crippen LogP) is 2.07. The molecular formula is C13H11FN2. The number of nitrogens with zero attached hydrogens (tertiary/aromatic N) is 1. The Morgan fingerprint density at radius 1 is 1.38 bits per heavy atom. The van der Waals surface area contributed by atoms with Gasteiger partial charge in [-0.1, -0.05) is 17.9 Å². The Hall–Kier alpha value is -1.92. The minimum atomic E-state index is -0.337. The first-order valence-corrected chi connectivity index (χ1v) is 5.04. The largest absolute Gasteiger partial charge is 0.330 e. The molecule has 16 heavy (non-hydrogen) atoms. The van der Waals surface area contributed by atoms with Gasteiger partial charge in [0.2, 0.25) is 0 Å². The Labute approximate surface area is 93.3 Å². The molecule has 0 saturated carbocycles. The highest BCUT2D eigenvalue weighted by Gasteiger charge is 2.02. The van der Waals surface area contributed by atoms with Gasteiger partial charge in [-0.15, -0.1) is 0 Å². The Bertz CT molecular complexity index is 567. The Morgan fingerprint density at radius 3 is 3.06 bits per heavy atom. The van der Waals surface area contributed by atoms with Crippen LogP contribution in [0.15, 0.2) is 30.5 Å². The lowest BCUT2D eigenvalue weighted by Crippen LogP contribution is -1.95. The van der Waals surface area contributed by atoms with Crippen LogP contribution in [-0.2, 0) is 0 Å². The molecule has 1 heterocycles. The van der Waals surface area contributed by atoms with Crippen molar-refractivity contribution in [2.24, 2.45) is 5.73 Å². The first-order valence-electron chi connectivity index (χ1n) is 5.04. The van der Waals surface area contributed by atoms with Crippen molar-refractivity contribution in [3.8, 4) is 11.8 Å². The molecule has 0 spiro atoms. The lowest BCUT2D eigenvalue weighted by molar-refractivity contribution is 0.626. The molecule has 0 aliphatic rings. The Kier molecular flexibility index (Phi) is 3.13. The average molecular weight is 214 g/mol.